The average molecular weight is 539 g/mol. The summed E-state index contributed by atoms with van der Waals surface area (Å²) in [6.07, 6.45) is 2.82. The number of anilines is 2. The number of pyridine rings is 1. The van der Waals surface area contributed by atoms with Crippen molar-refractivity contribution in [2.24, 2.45) is 11.8 Å². The van der Waals surface area contributed by atoms with E-state index in [4.69, 9.17) is 4.74 Å². The fraction of sp³-hybridized carbons (Fsp3) is 0.370. The zero-order chi connectivity index (χ0) is 27.5. The number of para-hydroxylation sites is 1. The molecule has 202 valence electrons. The third-order valence-electron chi connectivity index (χ3n) is 5.31. The lowest BCUT2D eigenvalue weighted by Crippen LogP contribution is -2.52. The molecule has 0 radical (unpaired) electrons. The van der Waals surface area contributed by atoms with Crippen LogP contribution >= 0.6 is 11.3 Å². The van der Waals surface area contributed by atoms with Gasteiger partial charge in [0.1, 0.15) is 18.3 Å². The molecule has 0 bridgehead atoms. The van der Waals surface area contributed by atoms with E-state index in [0.29, 0.717) is 17.5 Å². The molecule has 3 amide bonds. The smallest absolute Gasteiger partial charge is 0.408 e. The lowest BCUT2D eigenvalue weighted by molar-refractivity contribution is -0.124. The molecule has 0 aliphatic heterocycles. The molecule has 0 aliphatic carbocycles. The van der Waals surface area contributed by atoms with E-state index in [1.807, 2.05) is 44.2 Å². The third kappa shape index (κ3) is 8.84. The number of aromatic nitrogens is 2. The van der Waals surface area contributed by atoms with E-state index in [2.05, 4.69) is 44.9 Å². The largest absolute Gasteiger partial charge is 0.445 e. The number of ether oxygens (including phenoxy) is 1. The topological polar surface area (TPSA) is 126 Å². The van der Waals surface area contributed by atoms with E-state index in [1.165, 1.54) is 11.3 Å². The maximum atomic E-state index is 12.8. The zero-order valence-corrected chi connectivity index (χ0v) is 22.8. The fourth-order valence-electron chi connectivity index (χ4n) is 3.54. The van der Waals surface area contributed by atoms with Crippen molar-refractivity contribution in [3.63, 3.8) is 0 Å². The number of amides is 3. The molecule has 10 nitrogen and oxygen atoms in total. The number of carbonyl (C=O) groups is 3. The van der Waals surface area contributed by atoms with E-state index in [9.17, 15) is 14.4 Å². The molecule has 38 heavy (non-hydrogen) atoms. The number of hydrogen-bond donors (Lipinski definition) is 3. The molecule has 11 heteroatoms. The highest BCUT2D eigenvalue weighted by Crippen LogP contribution is 2.29. The first-order valence-electron chi connectivity index (χ1n) is 12.4. The van der Waals surface area contributed by atoms with Crippen LogP contribution in [-0.4, -0.2) is 40.5 Å². The van der Waals surface area contributed by atoms with E-state index in [-0.39, 0.29) is 18.2 Å². The Labute approximate surface area is 226 Å². The van der Waals surface area contributed by atoms with E-state index in [1.54, 1.807) is 29.9 Å². The summed E-state index contributed by atoms with van der Waals surface area (Å²) in [5.41, 5.74) is 6.74. The first-order valence-corrected chi connectivity index (χ1v) is 13.3. The van der Waals surface area contributed by atoms with Gasteiger partial charge in [-0.2, -0.15) is 0 Å². The molecule has 0 fully saturated rings. The highest BCUT2D eigenvalue weighted by Gasteiger charge is 2.24. The van der Waals surface area contributed by atoms with Crippen LogP contribution in [0.2, 0.25) is 0 Å². The van der Waals surface area contributed by atoms with Gasteiger partial charge in [0, 0.05) is 30.0 Å². The van der Waals surface area contributed by atoms with Gasteiger partial charge in [0.15, 0.2) is 5.13 Å². The molecule has 1 atom stereocenters. The minimum Gasteiger partial charge on any atom is -0.445 e. The van der Waals surface area contributed by atoms with Crippen molar-refractivity contribution in [2.45, 2.75) is 46.8 Å². The number of rotatable bonds is 11. The molecule has 2 aromatic heterocycles. The molecular formula is C27H34N6O4S. The number of alkyl carbamates (subject to hydrolysis) is 1. The Morgan fingerprint density at radius 1 is 0.974 bits per heavy atom. The van der Waals surface area contributed by atoms with Crippen LogP contribution in [0.4, 0.5) is 15.6 Å². The fourth-order valence-corrected chi connectivity index (χ4v) is 4.38. The summed E-state index contributed by atoms with van der Waals surface area (Å²) in [5, 5.41) is 4.90. The lowest BCUT2D eigenvalue weighted by Gasteiger charge is -2.23. The number of nitrogens with zero attached hydrogens (tertiary/aromatic N) is 3. The van der Waals surface area contributed by atoms with Crippen LogP contribution in [0.3, 0.4) is 0 Å². The molecule has 3 rings (SSSR count). The Balaban J connectivity index is 1.58. The van der Waals surface area contributed by atoms with Gasteiger partial charge in [-0.05, 0) is 48.1 Å². The lowest BCUT2D eigenvalue weighted by atomic mass is 10.0. The van der Waals surface area contributed by atoms with Crippen molar-refractivity contribution in [1.29, 1.82) is 0 Å². The molecule has 0 saturated heterocycles. The second-order valence-corrected chi connectivity index (χ2v) is 10.4. The van der Waals surface area contributed by atoms with Crippen molar-refractivity contribution in [3.05, 3.63) is 71.5 Å². The Kier molecular flexibility index (Phi) is 10.6. The van der Waals surface area contributed by atoms with Crippen LogP contribution in [0.25, 0.3) is 0 Å². The van der Waals surface area contributed by atoms with Crippen LogP contribution in [-0.2, 0) is 16.1 Å². The number of nitrogens with one attached hydrogen (secondary N) is 3. The SMILES string of the molecule is CC(C)C[C@@H](NC(=O)OCc1ccncc1)C(=O)NNC(=O)c1csc(N(CC(C)C)c2ccccc2)n1. The molecule has 2 heterocycles. The summed E-state index contributed by atoms with van der Waals surface area (Å²) in [7, 11) is 0. The summed E-state index contributed by atoms with van der Waals surface area (Å²) in [6, 6.07) is 12.4. The Hall–Kier alpha value is -3.99. The minimum atomic E-state index is -0.897. The Morgan fingerprint density at radius 3 is 2.34 bits per heavy atom. The molecular weight excluding hydrogens is 504 g/mol. The van der Waals surface area contributed by atoms with Crippen LogP contribution in [0, 0.1) is 11.8 Å². The molecule has 0 spiro atoms. The number of thiazole rings is 1. The number of hydrazine groups is 1. The van der Waals surface area contributed by atoms with Crippen molar-refractivity contribution in [3.8, 4) is 0 Å². The maximum absolute atomic E-state index is 12.8. The zero-order valence-electron chi connectivity index (χ0n) is 22.0. The van der Waals surface area contributed by atoms with Gasteiger partial charge in [0.2, 0.25) is 0 Å². The van der Waals surface area contributed by atoms with Crippen molar-refractivity contribution in [1.82, 2.24) is 26.1 Å². The molecule has 0 saturated carbocycles. The predicted octanol–water partition coefficient (Wildman–Crippen LogP) is 4.43. The number of benzene rings is 1. The number of carbonyl (C=O) groups excluding carboxylic acids is 3. The first kappa shape index (κ1) is 28.6. The standard InChI is InChI=1S/C27H34N6O4S/c1-18(2)14-22(30-27(36)37-16-20-10-12-28-13-11-20)24(34)31-32-25(35)23-17-38-26(29-23)33(15-19(3)4)21-8-6-5-7-9-21/h5-13,17-19,22H,14-16H2,1-4H3,(H,30,36)(H,31,34)(H,32,35)/t22-/m1/s1. The highest BCUT2D eigenvalue weighted by molar-refractivity contribution is 7.14. The molecule has 0 aliphatic rings. The van der Waals surface area contributed by atoms with E-state index < -0.39 is 23.9 Å². The van der Waals surface area contributed by atoms with Gasteiger partial charge in [-0.15, -0.1) is 11.3 Å². The van der Waals surface area contributed by atoms with Gasteiger partial charge in [-0.3, -0.25) is 25.4 Å². The van der Waals surface area contributed by atoms with Crippen LogP contribution in [0.5, 0.6) is 0 Å². The highest BCUT2D eigenvalue weighted by atomic mass is 32.1. The van der Waals surface area contributed by atoms with Gasteiger partial charge < -0.3 is 15.0 Å². The number of hydrogen-bond acceptors (Lipinski definition) is 8. The molecule has 0 unspecified atom stereocenters. The monoisotopic (exact) mass is 538 g/mol. The summed E-state index contributed by atoms with van der Waals surface area (Å²) >= 11 is 1.35. The van der Waals surface area contributed by atoms with Crippen molar-refractivity contribution >= 4 is 40.1 Å². The minimum absolute atomic E-state index is 0.0457. The van der Waals surface area contributed by atoms with Crippen LogP contribution in [0.1, 0.15) is 50.2 Å². The van der Waals surface area contributed by atoms with Crippen molar-refractivity contribution in [2.75, 3.05) is 11.4 Å². The van der Waals surface area contributed by atoms with Gasteiger partial charge in [0.25, 0.3) is 11.8 Å². The summed E-state index contributed by atoms with van der Waals surface area (Å²) < 4.78 is 5.22. The van der Waals surface area contributed by atoms with Gasteiger partial charge in [-0.25, -0.2) is 9.78 Å². The summed E-state index contributed by atoms with van der Waals surface area (Å²) in [5.74, 6) is -0.638. The Morgan fingerprint density at radius 2 is 1.68 bits per heavy atom. The van der Waals surface area contributed by atoms with Crippen LogP contribution < -0.4 is 21.1 Å². The second-order valence-electron chi connectivity index (χ2n) is 9.56. The predicted molar refractivity (Wildman–Crippen MR) is 147 cm³/mol. The van der Waals surface area contributed by atoms with Gasteiger partial charge >= 0.3 is 6.09 Å². The van der Waals surface area contributed by atoms with Gasteiger partial charge in [-0.1, -0.05) is 45.9 Å². The van der Waals surface area contributed by atoms with E-state index >= 15 is 0 Å². The maximum Gasteiger partial charge on any atom is 0.408 e. The normalized spacial score (nSPS) is 11.6. The van der Waals surface area contributed by atoms with Crippen molar-refractivity contribution < 1.29 is 19.1 Å². The summed E-state index contributed by atoms with van der Waals surface area (Å²) in [4.78, 5) is 48.3. The van der Waals surface area contributed by atoms with Crippen LogP contribution in [0.15, 0.2) is 60.2 Å². The average Bonchev–Trinajstić information content (AvgIpc) is 3.39. The summed E-state index contributed by atoms with van der Waals surface area (Å²) in [6.45, 7) is 8.86. The third-order valence-corrected chi connectivity index (χ3v) is 6.17. The van der Waals surface area contributed by atoms with Gasteiger partial charge in [0.05, 0.1) is 0 Å². The molecule has 3 aromatic rings. The molecule has 3 N–H and O–H groups in total. The second kappa shape index (κ2) is 14.1. The molecule has 1 aromatic carbocycles. The Bertz CT molecular complexity index is 1190. The first-order chi connectivity index (χ1) is 18.2. The van der Waals surface area contributed by atoms with E-state index in [0.717, 1.165) is 17.8 Å². The quantitative estimate of drug-likeness (QED) is 0.308.